The van der Waals surface area contributed by atoms with Gasteiger partial charge in [0.15, 0.2) is 0 Å². The van der Waals surface area contributed by atoms with Crippen molar-refractivity contribution >= 4 is 22.5 Å². The minimum Gasteiger partial charge on any atom is -0.379 e. The van der Waals surface area contributed by atoms with Crippen molar-refractivity contribution in [3.63, 3.8) is 0 Å². The maximum Gasteiger partial charge on any atom is 0.130 e. The Morgan fingerprint density at radius 3 is 2.92 bits per heavy atom. The lowest BCUT2D eigenvalue weighted by Gasteiger charge is -2.12. The Hall–Kier alpha value is -1.95. The summed E-state index contributed by atoms with van der Waals surface area (Å²) in [6.45, 7) is 4.13. The van der Waals surface area contributed by atoms with Gasteiger partial charge in [-0.3, -0.25) is 4.68 Å². The van der Waals surface area contributed by atoms with Crippen LogP contribution >= 0.6 is 11.6 Å². The molecule has 136 valence electrons. The third-order valence-electron chi connectivity index (χ3n) is 5.04. The molecule has 0 bridgehead atoms. The zero-order valence-corrected chi connectivity index (χ0v) is 15.6. The van der Waals surface area contributed by atoms with E-state index in [-0.39, 0.29) is 6.04 Å². The Bertz CT molecular complexity index is 895. The summed E-state index contributed by atoms with van der Waals surface area (Å²) >= 11 is 6.21. The average Bonchev–Trinajstić information content (AvgIpc) is 3.31. The fourth-order valence-electron chi connectivity index (χ4n) is 3.52. The largest absolute Gasteiger partial charge is 0.379 e. The summed E-state index contributed by atoms with van der Waals surface area (Å²) in [7, 11) is 0. The second kappa shape index (κ2) is 7.35. The standard InChI is InChI=1S/C20H23ClN4O/c1-2-25-20-14(10-23-25)9-18(21)24-19(20)16-8-15(16)11-26-12-17(22)13-6-4-3-5-7-13/h3-7,9-10,15-17H,2,8,11-12,22H2,1H3/t15?,16?,17-/m1/s1. The summed E-state index contributed by atoms with van der Waals surface area (Å²) in [4.78, 5) is 4.61. The number of hydrogen-bond acceptors (Lipinski definition) is 4. The molecular formula is C20H23ClN4O. The number of hydrogen-bond donors (Lipinski definition) is 1. The van der Waals surface area contributed by atoms with E-state index in [4.69, 9.17) is 22.1 Å². The van der Waals surface area contributed by atoms with Gasteiger partial charge in [0.1, 0.15) is 5.15 Å². The lowest BCUT2D eigenvalue weighted by Crippen LogP contribution is -2.18. The van der Waals surface area contributed by atoms with E-state index in [1.54, 1.807) is 0 Å². The molecule has 3 atom stereocenters. The van der Waals surface area contributed by atoms with E-state index < -0.39 is 0 Å². The molecule has 1 fully saturated rings. The van der Waals surface area contributed by atoms with Crippen molar-refractivity contribution in [2.75, 3.05) is 13.2 Å². The van der Waals surface area contributed by atoms with E-state index in [0.717, 1.165) is 35.1 Å². The number of nitrogens with two attached hydrogens (primary N) is 1. The number of nitrogens with zero attached hydrogens (tertiary/aromatic N) is 3. The summed E-state index contributed by atoms with van der Waals surface area (Å²) in [6, 6.07) is 11.8. The number of benzene rings is 1. The van der Waals surface area contributed by atoms with Crippen molar-refractivity contribution in [3.8, 4) is 0 Å². The minimum absolute atomic E-state index is 0.0917. The molecule has 1 aromatic carbocycles. The molecule has 26 heavy (non-hydrogen) atoms. The predicted molar refractivity (Wildman–Crippen MR) is 103 cm³/mol. The van der Waals surface area contributed by atoms with E-state index in [0.29, 0.717) is 30.2 Å². The highest BCUT2D eigenvalue weighted by molar-refractivity contribution is 6.30. The van der Waals surface area contributed by atoms with Gasteiger partial charge in [-0.25, -0.2) is 4.98 Å². The van der Waals surface area contributed by atoms with Gasteiger partial charge in [-0.15, -0.1) is 0 Å². The van der Waals surface area contributed by atoms with Crippen molar-refractivity contribution in [2.45, 2.75) is 31.8 Å². The number of aryl methyl sites for hydroxylation is 1. The molecule has 0 spiro atoms. The molecule has 0 radical (unpaired) electrons. The number of aromatic nitrogens is 3. The molecule has 1 aliphatic carbocycles. The Kier molecular flexibility index (Phi) is 4.94. The topological polar surface area (TPSA) is 66.0 Å². The first-order valence-electron chi connectivity index (χ1n) is 9.07. The predicted octanol–water partition coefficient (Wildman–Crippen LogP) is 3.92. The highest BCUT2D eigenvalue weighted by Crippen LogP contribution is 2.49. The molecule has 2 unspecified atom stereocenters. The highest BCUT2D eigenvalue weighted by atomic mass is 35.5. The van der Waals surface area contributed by atoms with E-state index >= 15 is 0 Å². The fraction of sp³-hybridized carbons (Fsp3) is 0.400. The molecule has 0 saturated heterocycles. The normalized spacial score (nSPS) is 20.4. The first kappa shape index (κ1) is 17.5. The average molecular weight is 371 g/mol. The molecule has 1 aliphatic rings. The molecule has 4 rings (SSSR count). The van der Waals surface area contributed by atoms with Crippen LogP contribution in [0.3, 0.4) is 0 Å². The molecule has 2 N–H and O–H groups in total. The van der Waals surface area contributed by atoms with Crippen molar-refractivity contribution in [2.24, 2.45) is 11.7 Å². The van der Waals surface area contributed by atoms with Gasteiger partial charge in [-0.05, 0) is 30.9 Å². The van der Waals surface area contributed by atoms with Gasteiger partial charge in [0.2, 0.25) is 0 Å². The summed E-state index contributed by atoms with van der Waals surface area (Å²) in [5.41, 5.74) is 9.45. The lowest BCUT2D eigenvalue weighted by molar-refractivity contribution is 0.110. The summed E-state index contributed by atoms with van der Waals surface area (Å²) in [6.07, 6.45) is 2.93. The summed E-state index contributed by atoms with van der Waals surface area (Å²) in [5.74, 6) is 0.846. The van der Waals surface area contributed by atoms with Crippen LogP contribution in [0.5, 0.6) is 0 Å². The summed E-state index contributed by atoms with van der Waals surface area (Å²) in [5, 5.41) is 6.02. The molecule has 2 heterocycles. The second-order valence-electron chi connectivity index (χ2n) is 6.89. The fourth-order valence-corrected chi connectivity index (χ4v) is 3.73. The number of pyridine rings is 1. The minimum atomic E-state index is -0.0917. The third-order valence-corrected chi connectivity index (χ3v) is 5.24. The molecule has 3 aromatic rings. The van der Waals surface area contributed by atoms with Crippen molar-refractivity contribution in [3.05, 3.63) is 59.0 Å². The number of rotatable bonds is 7. The zero-order chi connectivity index (χ0) is 18.1. The number of ether oxygens (including phenoxy) is 1. The molecule has 1 saturated carbocycles. The third kappa shape index (κ3) is 3.47. The summed E-state index contributed by atoms with van der Waals surface area (Å²) < 4.78 is 7.89. The maximum absolute atomic E-state index is 6.21. The van der Waals surface area contributed by atoms with E-state index in [2.05, 4.69) is 17.0 Å². The van der Waals surface area contributed by atoms with Crippen LogP contribution in [0.4, 0.5) is 0 Å². The van der Waals surface area contributed by atoms with E-state index in [9.17, 15) is 0 Å². The van der Waals surface area contributed by atoms with Gasteiger partial charge in [0.25, 0.3) is 0 Å². The number of fused-ring (bicyclic) bond motifs is 1. The van der Waals surface area contributed by atoms with Gasteiger partial charge >= 0.3 is 0 Å². The molecule has 5 nitrogen and oxygen atoms in total. The van der Waals surface area contributed by atoms with Crippen LogP contribution in [-0.2, 0) is 11.3 Å². The van der Waals surface area contributed by atoms with Gasteiger partial charge in [0, 0.05) is 17.8 Å². The van der Waals surface area contributed by atoms with Crippen LogP contribution < -0.4 is 5.73 Å². The van der Waals surface area contributed by atoms with Crippen molar-refractivity contribution in [1.29, 1.82) is 0 Å². The van der Waals surface area contributed by atoms with Crippen LogP contribution in [0.25, 0.3) is 10.9 Å². The Labute approximate surface area is 158 Å². The number of halogens is 1. The smallest absolute Gasteiger partial charge is 0.130 e. The van der Waals surface area contributed by atoms with E-state index in [1.165, 1.54) is 0 Å². The van der Waals surface area contributed by atoms with Gasteiger partial charge in [-0.1, -0.05) is 41.9 Å². The van der Waals surface area contributed by atoms with E-state index in [1.807, 2.05) is 47.3 Å². The van der Waals surface area contributed by atoms with Crippen molar-refractivity contribution < 1.29 is 4.74 Å². The molecule has 0 amide bonds. The second-order valence-corrected chi connectivity index (χ2v) is 7.27. The SMILES string of the molecule is CCn1ncc2cc(Cl)nc(C3CC3COC[C@@H](N)c3ccccc3)c21. The Balaban J connectivity index is 1.40. The first-order chi connectivity index (χ1) is 12.7. The van der Waals surface area contributed by atoms with Crippen molar-refractivity contribution in [1.82, 2.24) is 14.8 Å². The van der Waals surface area contributed by atoms with Gasteiger partial charge < -0.3 is 10.5 Å². The lowest BCUT2D eigenvalue weighted by atomic mass is 10.1. The maximum atomic E-state index is 6.21. The molecular weight excluding hydrogens is 348 g/mol. The molecule has 6 heteroatoms. The Morgan fingerprint density at radius 2 is 2.15 bits per heavy atom. The van der Waals surface area contributed by atoms with Crippen LogP contribution in [0, 0.1) is 5.92 Å². The van der Waals surface area contributed by atoms with Crippen LogP contribution in [0.1, 0.15) is 36.6 Å². The monoisotopic (exact) mass is 370 g/mol. The first-order valence-corrected chi connectivity index (χ1v) is 9.45. The van der Waals surface area contributed by atoms with Gasteiger partial charge in [0.05, 0.1) is 36.7 Å². The van der Waals surface area contributed by atoms with Crippen LogP contribution in [0.15, 0.2) is 42.6 Å². The molecule has 0 aliphatic heterocycles. The van der Waals surface area contributed by atoms with Crippen LogP contribution in [-0.4, -0.2) is 28.0 Å². The Morgan fingerprint density at radius 1 is 1.35 bits per heavy atom. The molecule has 2 aromatic heterocycles. The zero-order valence-electron chi connectivity index (χ0n) is 14.8. The highest BCUT2D eigenvalue weighted by Gasteiger charge is 2.41. The van der Waals surface area contributed by atoms with Gasteiger partial charge in [-0.2, -0.15) is 5.10 Å². The van der Waals surface area contributed by atoms with Crippen LogP contribution in [0.2, 0.25) is 5.15 Å². The quantitative estimate of drug-likeness (QED) is 0.640.